The maximum absolute atomic E-state index is 13.9. The van der Waals surface area contributed by atoms with Crippen LogP contribution in [0.4, 0.5) is 4.39 Å². The summed E-state index contributed by atoms with van der Waals surface area (Å²) in [5.74, 6) is 1.77. The molecule has 2 aromatic rings. The van der Waals surface area contributed by atoms with E-state index in [0.29, 0.717) is 29.5 Å². The third-order valence-electron chi connectivity index (χ3n) is 4.44. The Morgan fingerprint density at radius 2 is 1.93 bits per heavy atom. The standard InChI is InChI=1S/C21H23FN4O/c1-24-21(26-13-18-10-16(11-23)8-9-19(18)22)25-12-17-4-2-3-5-20(17)27-14-15-6-7-15/h2-5,8-10,15H,6-7,12-14H2,1H3,(H2,24,25,26). The summed E-state index contributed by atoms with van der Waals surface area (Å²) in [5, 5.41) is 15.2. The summed E-state index contributed by atoms with van der Waals surface area (Å²) in [5.41, 5.74) is 1.89. The van der Waals surface area contributed by atoms with Gasteiger partial charge < -0.3 is 15.4 Å². The first kappa shape index (κ1) is 18.7. The second-order valence-electron chi connectivity index (χ2n) is 6.56. The van der Waals surface area contributed by atoms with Gasteiger partial charge in [0.2, 0.25) is 0 Å². The maximum atomic E-state index is 13.9. The van der Waals surface area contributed by atoms with E-state index in [0.717, 1.165) is 17.9 Å². The number of para-hydroxylation sites is 1. The van der Waals surface area contributed by atoms with Gasteiger partial charge in [-0.15, -0.1) is 0 Å². The van der Waals surface area contributed by atoms with E-state index in [1.807, 2.05) is 30.3 Å². The zero-order valence-corrected chi connectivity index (χ0v) is 15.3. The van der Waals surface area contributed by atoms with E-state index in [-0.39, 0.29) is 12.4 Å². The molecule has 0 saturated heterocycles. The van der Waals surface area contributed by atoms with E-state index in [2.05, 4.69) is 15.6 Å². The van der Waals surface area contributed by atoms with E-state index in [4.69, 9.17) is 10.00 Å². The number of aliphatic imine (C=N–C) groups is 1. The molecule has 0 unspecified atom stereocenters. The lowest BCUT2D eigenvalue weighted by atomic mass is 10.1. The Morgan fingerprint density at radius 3 is 2.63 bits per heavy atom. The lowest BCUT2D eigenvalue weighted by Crippen LogP contribution is -2.36. The quantitative estimate of drug-likeness (QED) is 0.582. The van der Waals surface area contributed by atoms with Crippen LogP contribution in [-0.4, -0.2) is 19.6 Å². The number of nitrogens with one attached hydrogen (secondary N) is 2. The van der Waals surface area contributed by atoms with Crippen LogP contribution < -0.4 is 15.4 Å². The second kappa shape index (κ2) is 9.04. The Balaban J connectivity index is 1.56. The predicted molar refractivity (Wildman–Crippen MR) is 103 cm³/mol. The zero-order chi connectivity index (χ0) is 19.1. The van der Waals surface area contributed by atoms with Gasteiger partial charge in [-0.25, -0.2) is 4.39 Å². The molecule has 2 N–H and O–H groups in total. The van der Waals surface area contributed by atoms with Crippen molar-refractivity contribution in [2.45, 2.75) is 25.9 Å². The number of nitrogens with zero attached hydrogens (tertiary/aromatic N) is 2. The molecule has 0 spiro atoms. The Labute approximate surface area is 158 Å². The molecule has 1 aliphatic rings. The van der Waals surface area contributed by atoms with Crippen LogP contribution in [0.1, 0.15) is 29.5 Å². The number of benzene rings is 2. The minimum Gasteiger partial charge on any atom is -0.493 e. The van der Waals surface area contributed by atoms with Crippen LogP contribution in [0, 0.1) is 23.1 Å². The summed E-state index contributed by atoms with van der Waals surface area (Å²) >= 11 is 0. The van der Waals surface area contributed by atoms with Gasteiger partial charge in [-0.3, -0.25) is 4.99 Å². The summed E-state index contributed by atoms with van der Waals surface area (Å²) in [4.78, 5) is 4.17. The van der Waals surface area contributed by atoms with Crippen LogP contribution in [-0.2, 0) is 13.1 Å². The topological polar surface area (TPSA) is 69.4 Å². The SMILES string of the molecule is CN=C(NCc1cc(C#N)ccc1F)NCc1ccccc1OCC1CC1. The highest BCUT2D eigenvalue weighted by molar-refractivity contribution is 5.79. The molecular weight excluding hydrogens is 343 g/mol. The van der Waals surface area contributed by atoms with Crippen LogP contribution in [0.2, 0.25) is 0 Å². The Kier molecular flexibility index (Phi) is 6.26. The molecule has 0 bridgehead atoms. The van der Waals surface area contributed by atoms with Crippen LogP contribution in [0.5, 0.6) is 5.75 Å². The molecule has 3 rings (SSSR count). The molecule has 0 heterocycles. The molecule has 0 aromatic heterocycles. The normalized spacial score (nSPS) is 13.7. The molecule has 0 radical (unpaired) electrons. The predicted octanol–water partition coefficient (Wildman–Crippen LogP) is 3.35. The van der Waals surface area contributed by atoms with E-state index >= 15 is 0 Å². The number of hydrogen-bond donors (Lipinski definition) is 2. The fourth-order valence-corrected chi connectivity index (χ4v) is 2.64. The molecule has 27 heavy (non-hydrogen) atoms. The average Bonchev–Trinajstić information content (AvgIpc) is 3.53. The minimum atomic E-state index is -0.351. The van der Waals surface area contributed by atoms with Gasteiger partial charge in [-0.2, -0.15) is 5.26 Å². The molecule has 2 aromatic carbocycles. The lowest BCUT2D eigenvalue weighted by molar-refractivity contribution is 0.296. The third kappa shape index (κ3) is 5.45. The van der Waals surface area contributed by atoms with Crippen molar-refractivity contribution in [3.63, 3.8) is 0 Å². The first-order valence-electron chi connectivity index (χ1n) is 9.03. The second-order valence-corrected chi connectivity index (χ2v) is 6.56. The molecule has 1 aliphatic carbocycles. The third-order valence-corrected chi connectivity index (χ3v) is 4.44. The summed E-state index contributed by atoms with van der Waals surface area (Å²) < 4.78 is 19.8. The van der Waals surface area contributed by atoms with Crippen molar-refractivity contribution in [2.24, 2.45) is 10.9 Å². The summed E-state index contributed by atoms with van der Waals surface area (Å²) in [6.45, 7) is 1.54. The molecule has 5 nitrogen and oxygen atoms in total. The Bertz CT molecular complexity index is 856. The highest BCUT2D eigenvalue weighted by atomic mass is 19.1. The van der Waals surface area contributed by atoms with Crippen molar-refractivity contribution in [3.05, 3.63) is 65.0 Å². The fourth-order valence-electron chi connectivity index (χ4n) is 2.64. The largest absolute Gasteiger partial charge is 0.493 e. The molecule has 1 saturated carbocycles. The van der Waals surface area contributed by atoms with Gasteiger partial charge in [0.25, 0.3) is 0 Å². The van der Waals surface area contributed by atoms with Crippen LogP contribution >= 0.6 is 0 Å². The molecule has 1 fully saturated rings. The van der Waals surface area contributed by atoms with Crippen LogP contribution in [0.3, 0.4) is 0 Å². The van der Waals surface area contributed by atoms with Gasteiger partial charge in [0.15, 0.2) is 5.96 Å². The van der Waals surface area contributed by atoms with E-state index < -0.39 is 0 Å². The van der Waals surface area contributed by atoms with Gasteiger partial charge in [-0.05, 0) is 43.0 Å². The minimum absolute atomic E-state index is 0.237. The first-order chi connectivity index (χ1) is 13.2. The van der Waals surface area contributed by atoms with Crippen molar-refractivity contribution in [1.82, 2.24) is 10.6 Å². The van der Waals surface area contributed by atoms with E-state index in [9.17, 15) is 4.39 Å². The Hall–Kier alpha value is -3.07. The monoisotopic (exact) mass is 366 g/mol. The number of hydrogen-bond acceptors (Lipinski definition) is 3. The van der Waals surface area contributed by atoms with Gasteiger partial charge in [0.1, 0.15) is 11.6 Å². The molecule has 140 valence electrons. The number of halogens is 1. The van der Waals surface area contributed by atoms with Gasteiger partial charge >= 0.3 is 0 Å². The Morgan fingerprint density at radius 1 is 1.19 bits per heavy atom. The number of nitriles is 1. The van der Waals surface area contributed by atoms with E-state index in [1.54, 1.807) is 7.05 Å². The van der Waals surface area contributed by atoms with Crippen molar-refractivity contribution in [2.75, 3.05) is 13.7 Å². The highest BCUT2D eigenvalue weighted by Crippen LogP contribution is 2.30. The summed E-state index contributed by atoms with van der Waals surface area (Å²) in [7, 11) is 1.66. The molecular formula is C21H23FN4O. The first-order valence-corrected chi connectivity index (χ1v) is 9.03. The smallest absolute Gasteiger partial charge is 0.191 e. The molecule has 0 atom stereocenters. The zero-order valence-electron chi connectivity index (χ0n) is 15.3. The van der Waals surface area contributed by atoms with Crippen molar-refractivity contribution in [3.8, 4) is 11.8 Å². The summed E-state index contributed by atoms with van der Waals surface area (Å²) in [6, 6.07) is 14.2. The molecule has 6 heteroatoms. The van der Waals surface area contributed by atoms with Crippen molar-refractivity contribution < 1.29 is 9.13 Å². The van der Waals surface area contributed by atoms with Crippen LogP contribution in [0.25, 0.3) is 0 Å². The van der Waals surface area contributed by atoms with Gasteiger partial charge in [0, 0.05) is 31.3 Å². The summed E-state index contributed by atoms with van der Waals surface area (Å²) in [6.07, 6.45) is 2.50. The number of ether oxygens (including phenoxy) is 1. The van der Waals surface area contributed by atoms with Crippen molar-refractivity contribution in [1.29, 1.82) is 5.26 Å². The fraction of sp³-hybridized carbons (Fsp3) is 0.333. The molecule has 0 aliphatic heterocycles. The lowest BCUT2D eigenvalue weighted by Gasteiger charge is -2.15. The van der Waals surface area contributed by atoms with E-state index in [1.165, 1.54) is 31.0 Å². The van der Waals surface area contributed by atoms with Crippen LogP contribution in [0.15, 0.2) is 47.5 Å². The maximum Gasteiger partial charge on any atom is 0.191 e. The highest BCUT2D eigenvalue weighted by Gasteiger charge is 2.22. The van der Waals surface area contributed by atoms with Gasteiger partial charge in [-0.1, -0.05) is 18.2 Å². The molecule has 0 amide bonds. The number of rotatable bonds is 7. The van der Waals surface area contributed by atoms with Gasteiger partial charge in [0.05, 0.1) is 18.2 Å². The number of guanidine groups is 1. The average molecular weight is 366 g/mol. The van der Waals surface area contributed by atoms with Crippen molar-refractivity contribution >= 4 is 5.96 Å².